The third kappa shape index (κ3) is 20.2. The number of nitrogens with two attached hydrogens (primary N) is 1. The Labute approximate surface area is 173 Å². The van der Waals surface area contributed by atoms with Crippen LogP contribution < -0.4 is 21.7 Å². The van der Waals surface area contributed by atoms with E-state index < -0.39 is 0 Å². The predicted octanol–water partition coefficient (Wildman–Crippen LogP) is -0.816. The van der Waals surface area contributed by atoms with Gasteiger partial charge in [-0.3, -0.25) is 0 Å². The van der Waals surface area contributed by atoms with E-state index in [0.717, 1.165) is 58.8 Å². The molecule has 0 radical (unpaired) electrons. The van der Waals surface area contributed by atoms with Crippen LogP contribution in [0.2, 0.25) is 0 Å². The van der Waals surface area contributed by atoms with Crippen LogP contribution in [0.4, 0.5) is 0 Å². The number of ether oxygens (including phenoxy) is 2. The average Bonchev–Trinajstić information content (AvgIpc) is 2.63. The topological polar surface area (TPSA) is 87.0 Å². The number of rotatable bonds is 21. The number of nitrogens with zero attached hydrogens (tertiary/aromatic N) is 2. The van der Waals surface area contributed by atoms with Crippen molar-refractivity contribution >= 4 is 0 Å². The Morgan fingerprint density at radius 1 is 0.929 bits per heavy atom. The van der Waals surface area contributed by atoms with Crippen molar-refractivity contribution in [3.05, 3.63) is 12.7 Å². The Kier molecular flexibility index (Phi) is 19.3. The normalized spacial score (nSPS) is 14.0. The number of nitrogens with one attached hydrogen (secondary N) is 3. The number of hydrogen-bond acceptors (Lipinski definition) is 8. The first-order valence-electron chi connectivity index (χ1n) is 10.4. The molecule has 0 heterocycles. The van der Waals surface area contributed by atoms with E-state index in [1.54, 1.807) is 6.08 Å². The minimum absolute atomic E-state index is 0.00520. The Morgan fingerprint density at radius 3 is 2.14 bits per heavy atom. The standard InChI is InChI=1S/C20H46N6O2/c1-6-14-27-18-20(16-19(21)17-24-10-13-26(4)5)28-15-11-23-8-7-22-9-12-25(2)3/h6,19-20,22-24H,1,7-18,21H2,2-5H3. The Bertz CT molecular complexity index is 345. The van der Waals surface area contributed by atoms with Gasteiger partial charge in [0.1, 0.15) is 0 Å². The van der Waals surface area contributed by atoms with Gasteiger partial charge in [-0.2, -0.15) is 0 Å². The van der Waals surface area contributed by atoms with Crippen LogP contribution in [0.5, 0.6) is 0 Å². The maximum Gasteiger partial charge on any atom is 0.0824 e. The molecule has 0 aliphatic carbocycles. The summed E-state index contributed by atoms with van der Waals surface area (Å²) < 4.78 is 11.6. The predicted molar refractivity (Wildman–Crippen MR) is 119 cm³/mol. The fourth-order valence-electron chi connectivity index (χ4n) is 2.51. The Hall–Kier alpha value is -0.580. The van der Waals surface area contributed by atoms with Gasteiger partial charge >= 0.3 is 0 Å². The molecule has 0 fully saturated rings. The lowest BCUT2D eigenvalue weighted by Gasteiger charge is -2.22. The summed E-state index contributed by atoms with van der Waals surface area (Å²) in [6.07, 6.45) is 2.54. The second-order valence-electron chi connectivity index (χ2n) is 7.63. The Balaban J connectivity index is 3.86. The quantitative estimate of drug-likeness (QED) is 0.146. The average molecular weight is 403 g/mol. The van der Waals surface area contributed by atoms with Crippen molar-refractivity contribution in [3.63, 3.8) is 0 Å². The van der Waals surface area contributed by atoms with Gasteiger partial charge in [0.25, 0.3) is 0 Å². The van der Waals surface area contributed by atoms with E-state index in [1.165, 1.54) is 0 Å². The van der Waals surface area contributed by atoms with Crippen molar-refractivity contribution in [2.75, 3.05) is 100 Å². The molecular formula is C20H46N6O2. The zero-order valence-corrected chi connectivity index (χ0v) is 18.7. The molecule has 0 rings (SSSR count). The van der Waals surface area contributed by atoms with E-state index in [2.05, 4.69) is 60.5 Å². The highest BCUT2D eigenvalue weighted by Crippen LogP contribution is 2.03. The first kappa shape index (κ1) is 27.4. The van der Waals surface area contributed by atoms with Gasteiger partial charge in [-0.05, 0) is 34.6 Å². The van der Waals surface area contributed by atoms with E-state index in [-0.39, 0.29) is 12.1 Å². The highest BCUT2D eigenvalue weighted by Gasteiger charge is 2.14. The lowest BCUT2D eigenvalue weighted by atomic mass is 10.1. The van der Waals surface area contributed by atoms with E-state index in [1.807, 2.05) is 0 Å². The molecule has 0 aromatic carbocycles. The van der Waals surface area contributed by atoms with Crippen molar-refractivity contribution < 1.29 is 9.47 Å². The molecule has 0 spiro atoms. The molecule has 2 unspecified atom stereocenters. The van der Waals surface area contributed by atoms with Crippen molar-refractivity contribution in [1.82, 2.24) is 25.8 Å². The molecule has 0 saturated carbocycles. The summed E-state index contributed by atoms with van der Waals surface area (Å²) >= 11 is 0. The first-order chi connectivity index (χ1) is 13.5. The van der Waals surface area contributed by atoms with Crippen LogP contribution in [0.1, 0.15) is 6.42 Å². The molecule has 8 heteroatoms. The van der Waals surface area contributed by atoms with Crippen LogP contribution >= 0.6 is 0 Å². The van der Waals surface area contributed by atoms with Crippen LogP contribution in [0.25, 0.3) is 0 Å². The molecular weight excluding hydrogens is 356 g/mol. The fraction of sp³-hybridized carbons (Fsp3) is 0.900. The van der Waals surface area contributed by atoms with Crippen LogP contribution in [0, 0.1) is 0 Å². The third-order valence-electron chi connectivity index (χ3n) is 4.09. The molecule has 2 atom stereocenters. The van der Waals surface area contributed by atoms with Gasteiger partial charge in [0.15, 0.2) is 0 Å². The summed E-state index contributed by atoms with van der Waals surface area (Å²) in [5.74, 6) is 0. The second kappa shape index (κ2) is 19.7. The minimum Gasteiger partial charge on any atom is -0.375 e. The van der Waals surface area contributed by atoms with Gasteiger partial charge in [0.2, 0.25) is 0 Å². The zero-order valence-electron chi connectivity index (χ0n) is 18.7. The smallest absolute Gasteiger partial charge is 0.0824 e. The summed E-state index contributed by atoms with van der Waals surface area (Å²) in [7, 11) is 8.29. The van der Waals surface area contributed by atoms with Crippen LogP contribution in [0.3, 0.4) is 0 Å². The number of hydrogen-bond donors (Lipinski definition) is 4. The van der Waals surface area contributed by atoms with E-state index in [4.69, 9.17) is 15.2 Å². The molecule has 28 heavy (non-hydrogen) atoms. The molecule has 0 aromatic heterocycles. The molecule has 168 valence electrons. The summed E-state index contributed by atoms with van der Waals surface area (Å²) in [6.45, 7) is 12.9. The first-order valence-corrected chi connectivity index (χ1v) is 10.4. The summed E-state index contributed by atoms with van der Waals surface area (Å²) in [5.41, 5.74) is 6.26. The highest BCUT2D eigenvalue weighted by atomic mass is 16.5. The second-order valence-corrected chi connectivity index (χ2v) is 7.63. The lowest BCUT2D eigenvalue weighted by Crippen LogP contribution is -2.41. The maximum absolute atomic E-state index is 6.26. The van der Waals surface area contributed by atoms with Gasteiger partial charge in [0.05, 0.1) is 25.9 Å². The molecule has 0 aliphatic rings. The minimum atomic E-state index is 0.00520. The van der Waals surface area contributed by atoms with Crippen molar-refractivity contribution in [2.24, 2.45) is 5.73 Å². The zero-order chi connectivity index (χ0) is 21.0. The maximum atomic E-state index is 6.26. The largest absolute Gasteiger partial charge is 0.375 e. The van der Waals surface area contributed by atoms with Gasteiger partial charge in [-0.15, -0.1) is 6.58 Å². The highest BCUT2D eigenvalue weighted by molar-refractivity contribution is 4.73. The number of likely N-dealkylation sites (N-methyl/N-ethyl adjacent to an activating group) is 2. The fourth-order valence-corrected chi connectivity index (χ4v) is 2.51. The molecule has 0 amide bonds. The van der Waals surface area contributed by atoms with Crippen molar-refractivity contribution in [1.29, 1.82) is 0 Å². The SMILES string of the molecule is C=CCOCC(CC(N)CNCCN(C)C)OCCNCCNCCN(C)C. The monoisotopic (exact) mass is 402 g/mol. The summed E-state index contributed by atoms with van der Waals surface area (Å²) in [4.78, 5) is 4.32. The van der Waals surface area contributed by atoms with Crippen LogP contribution in [-0.2, 0) is 9.47 Å². The van der Waals surface area contributed by atoms with E-state index in [9.17, 15) is 0 Å². The van der Waals surface area contributed by atoms with Gasteiger partial charge in [0, 0.05) is 58.4 Å². The van der Waals surface area contributed by atoms with E-state index >= 15 is 0 Å². The summed E-state index contributed by atoms with van der Waals surface area (Å²) in [5, 5.41) is 10.2. The lowest BCUT2D eigenvalue weighted by molar-refractivity contribution is -0.0156. The van der Waals surface area contributed by atoms with Crippen molar-refractivity contribution in [2.45, 2.75) is 18.6 Å². The van der Waals surface area contributed by atoms with Gasteiger partial charge in [-0.25, -0.2) is 0 Å². The molecule has 0 aromatic rings. The molecule has 0 bridgehead atoms. The van der Waals surface area contributed by atoms with Crippen LogP contribution in [-0.4, -0.2) is 122 Å². The Morgan fingerprint density at radius 2 is 1.54 bits per heavy atom. The molecule has 0 aliphatic heterocycles. The van der Waals surface area contributed by atoms with Gasteiger partial charge in [-0.1, -0.05) is 6.08 Å². The molecule has 8 nitrogen and oxygen atoms in total. The van der Waals surface area contributed by atoms with Crippen LogP contribution in [0.15, 0.2) is 12.7 Å². The van der Waals surface area contributed by atoms with Gasteiger partial charge < -0.3 is 41.0 Å². The summed E-state index contributed by atoms with van der Waals surface area (Å²) in [6, 6.07) is 0.0494. The third-order valence-corrected chi connectivity index (χ3v) is 4.09. The molecule has 0 saturated heterocycles. The van der Waals surface area contributed by atoms with Crippen molar-refractivity contribution in [3.8, 4) is 0 Å². The molecule has 5 N–H and O–H groups in total. The van der Waals surface area contributed by atoms with E-state index in [0.29, 0.717) is 19.8 Å².